The van der Waals surface area contributed by atoms with Crippen molar-refractivity contribution in [2.45, 2.75) is 39.3 Å². The molecule has 29 heavy (non-hydrogen) atoms. The third-order valence-electron chi connectivity index (χ3n) is 4.78. The van der Waals surface area contributed by atoms with Crippen molar-refractivity contribution in [1.82, 2.24) is 14.9 Å². The lowest BCUT2D eigenvalue weighted by Crippen LogP contribution is -2.44. The molecular formula is C23H29ClN4O. The summed E-state index contributed by atoms with van der Waals surface area (Å²) in [7, 11) is 0. The maximum absolute atomic E-state index is 13.2. The van der Waals surface area contributed by atoms with E-state index in [2.05, 4.69) is 12.2 Å². The lowest BCUT2D eigenvalue weighted by atomic mass is 10.0. The molecule has 2 aromatic carbocycles. The SMILES string of the molecule is CC(CNCC(C)(C)N)Cc1nc2cc(Cl)ccc2c(=O)n1Cc1ccccc1. The highest BCUT2D eigenvalue weighted by Crippen LogP contribution is 2.17. The van der Waals surface area contributed by atoms with E-state index in [1.54, 1.807) is 22.8 Å². The van der Waals surface area contributed by atoms with Crippen LogP contribution in [0.15, 0.2) is 53.3 Å². The smallest absolute Gasteiger partial charge is 0.261 e. The summed E-state index contributed by atoms with van der Waals surface area (Å²) in [6, 6.07) is 15.2. The van der Waals surface area contributed by atoms with Gasteiger partial charge in [0.25, 0.3) is 5.56 Å². The maximum Gasteiger partial charge on any atom is 0.261 e. The van der Waals surface area contributed by atoms with Crippen molar-refractivity contribution in [2.75, 3.05) is 13.1 Å². The Morgan fingerprint density at radius 2 is 1.93 bits per heavy atom. The lowest BCUT2D eigenvalue weighted by molar-refractivity contribution is 0.423. The zero-order chi connectivity index (χ0) is 21.0. The van der Waals surface area contributed by atoms with Gasteiger partial charge >= 0.3 is 0 Å². The summed E-state index contributed by atoms with van der Waals surface area (Å²) in [5, 5.41) is 4.58. The molecular weight excluding hydrogens is 384 g/mol. The Labute approximate surface area is 176 Å². The number of benzene rings is 2. The highest BCUT2D eigenvalue weighted by atomic mass is 35.5. The van der Waals surface area contributed by atoms with Gasteiger partial charge in [-0.05, 0) is 50.1 Å². The molecule has 0 aliphatic heterocycles. The van der Waals surface area contributed by atoms with Crippen molar-refractivity contribution in [3.8, 4) is 0 Å². The molecule has 5 nitrogen and oxygen atoms in total. The molecule has 154 valence electrons. The molecule has 1 heterocycles. The molecule has 3 N–H and O–H groups in total. The minimum absolute atomic E-state index is 0.0335. The molecule has 1 atom stereocenters. The van der Waals surface area contributed by atoms with Crippen LogP contribution in [-0.4, -0.2) is 28.2 Å². The Hall–Kier alpha value is -2.21. The largest absolute Gasteiger partial charge is 0.324 e. The number of nitrogens with two attached hydrogens (primary N) is 1. The zero-order valence-electron chi connectivity index (χ0n) is 17.3. The van der Waals surface area contributed by atoms with Crippen molar-refractivity contribution >= 4 is 22.5 Å². The summed E-state index contributed by atoms with van der Waals surface area (Å²) in [6.45, 7) is 8.17. The average molecular weight is 413 g/mol. The molecule has 1 aromatic heterocycles. The fraction of sp³-hybridized carbons (Fsp3) is 0.391. The standard InChI is InChI=1S/C23H29ClN4O/c1-16(13-26-15-23(2,3)25)11-21-27-20-12-18(24)9-10-19(20)22(29)28(21)14-17-7-5-4-6-8-17/h4-10,12,16,26H,11,13-15,25H2,1-3H3. The molecule has 0 aliphatic carbocycles. The second kappa shape index (κ2) is 9.08. The van der Waals surface area contributed by atoms with E-state index in [9.17, 15) is 4.79 Å². The van der Waals surface area contributed by atoms with Gasteiger partial charge in [0.1, 0.15) is 5.82 Å². The van der Waals surface area contributed by atoms with Crippen LogP contribution in [0.4, 0.5) is 0 Å². The van der Waals surface area contributed by atoms with Crippen molar-refractivity contribution < 1.29 is 0 Å². The van der Waals surface area contributed by atoms with Gasteiger partial charge in [-0.3, -0.25) is 9.36 Å². The minimum atomic E-state index is -0.257. The first-order valence-electron chi connectivity index (χ1n) is 9.95. The Morgan fingerprint density at radius 3 is 2.62 bits per heavy atom. The first-order chi connectivity index (χ1) is 13.7. The number of nitrogens with zero attached hydrogens (tertiary/aromatic N) is 2. The van der Waals surface area contributed by atoms with Crippen LogP contribution in [0.25, 0.3) is 10.9 Å². The summed E-state index contributed by atoms with van der Waals surface area (Å²) in [4.78, 5) is 18.1. The lowest BCUT2D eigenvalue weighted by Gasteiger charge is -2.21. The van der Waals surface area contributed by atoms with Crippen LogP contribution in [0.3, 0.4) is 0 Å². The molecule has 0 saturated heterocycles. The van der Waals surface area contributed by atoms with Crippen LogP contribution in [0.5, 0.6) is 0 Å². The Bertz CT molecular complexity index is 1020. The highest BCUT2D eigenvalue weighted by molar-refractivity contribution is 6.31. The summed E-state index contributed by atoms with van der Waals surface area (Å²) < 4.78 is 1.79. The molecule has 0 saturated carbocycles. The second-order valence-electron chi connectivity index (χ2n) is 8.50. The number of nitrogens with one attached hydrogen (secondary N) is 1. The zero-order valence-corrected chi connectivity index (χ0v) is 18.0. The Balaban J connectivity index is 1.92. The van der Waals surface area contributed by atoms with E-state index in [0.29, 0.717) is 34.8 Å². The van der Waals surface area contributed by atoms with Gasteiger partial charge in [0.2, 0.25) is 0 Å². The van der Waals surface area contributed by atoms with Crippen LogP contribution in [0.2, 0.25) is 5.02 Å². The summed E-state index contributed by atoms with van der Waals surface area (Å²) in [5.41, 5.74) is 7.47. The van der Waals surface area contributed by atoms with Gasteiger partial charge in [-0.25, -0.2) is 4.98 Å². The van der Waals surface area contributed by atoms with Crippen molar-refractivity contribution in [3.63, 3.8) is 0 Å². The van der Waals surface area contributed by atoms with Crippen molar-refractivity contribution in [2.24, 2.45) is 11.7 Å². The minimum Gasteiger partial charge on any atom is -0.324 e. The Kier molecular flexibility index (Phi) is 6.73. The molecule has 0 radical (unpaired) electrons. The first kappa shape index (κ1) is 21.5. The molecule has 0 amide bonds. The van der Waals surface area contributed by atoms with Gasteiger partial charge < -0.3 is 11.1 Å². The molecule has 0 fully saturated rings. The second-order valence-corrected chi connectivity index (χ2v) is 8.93. The number of hydrogen-bond acceptors (Lipinski definition) is 4. The number of halogens is 1. The van der Waals surface area contributed by atoms with Gasteiger partial charge in [-0.15, -0.1) is 0 Å². The number of hydrogen-bond donors (Lipinski definition) is 2. The van der Waals surface area contributed by atoms with E-state index in [4.69, 9.17) is 22.3 Å². The average Bonchev–Trinajstić information content (AvgIpc) is 2.64. The van der Waals surface area contributed by atoms with E-state index < -0.39 is 0 Å². The van der Waals surface area contributed by atoms with Crippen LogP contribution >= 0.6 is 11.6 Å². The van der Waals surface area contributed by atoms with Gasteiger partial charge in [0.05, 0.1) is 17.4 Å². The topological polar surface area (TPSA) is 72.9 Å². The maximum atomic E-state index is 13.2. The van der Waals surface area contributed by atoms with Gasteiger partial charge in [-0.1, -0.05) is 48.9 Å². The summed E-state index contributed by atoms with van der Waals surface area (Å²) >= 11 is 6.14. The van der Waals surface area contributed by atoms with Gasteiger partial charge in [0.15, 0.2) is 0 Å². The predicted molar refractivity (Wildman–Crippen MR) is 121 cm³/mol. The van der Waals surface area contributed by atoms with Crippen LogP contribution < -0.4 is 16.6 Å². The summed E-state index contributed by atoms with van der Waals surface area (Å²) in [5.74, 6) is 1.07. The third kappa shape index (κ3) is 5.89. The highest BCUT2D eigenvalue weighted by Gasteiger charge is 2.16. The number of fused-ring (bicyclic) bond motifs is 1. The molecule has 3 rings (SSSR count). The van der Waals surface area contributed by atoms with E-state index in [1.165, 1.54) is 0 Å². The van der Waals surface area contributed by atoms with Gasteiger partial charge in [0, 0.05) is 23.5 Å². The molecule has 3 aromatic rings. The molecule has 0 spiro atoms. The van der Waals surface area contributed by atoms with Crippen LogP contribution in [-0.2, 0) is 13.0 Å². The third-order valence-corrected chi connectivity index (χ3v) is 5.02. The number of rotatable bonds is 8. The van der Waals surface area contributed by atoms with E-state index >= 15 is 0 Å². The molecule has 1 unspecified atom stereocenters. The molecule has 0 bridgehead atoms. The van der Waals surface area contributed by atoms with E-state index in [-0.39, 0.29) is 11.1 Å². The number of aromatic nitrogens is 2. The van der Waals surface area contributed by atoms with E-state index in [1.807, 2.05) is 44.2 Å². The van der Waals surface area contributed by atoms with Crippen LogP contribution in [0.1, 0.15) is 32.2 Å². The van der Waals surface area contributed by atoms with Crippen LogP contribution in [0, 0.1) is 5.92 Å². The van der Waals surface area contributed by atoms with Crippen molar-refractivity contribution in [1.29, 1.82) is 0 Å². The monoisotopic (exact) mass is 412 g/mol. The Morgan fingerprint density at radius 1 is 1.21 bits per heavy atom. The normalized spacial score (nSPS) is 13.0. The quantitative estimate of drug-likeness (QED) is 0.592. The van der Waals surface area contributed by atoms with E-state index in [0.717, 1.165) is 24.5 Å². The fourth-order valence-electron chi connectivity index (χ4n) is 3.35. The molecule has 6 heteroatoms. The van der Waals surface area contributed by atoms with Gasteiger partial charge in [-0.2, -0.15) is 0 Å². The predicted octanol–water partition coefficient (Wildman–Crippen LogP) is 3.60. The first-order valence-corrected chi connectivity index (χ1v) is 10.3. The summed E-state index contributed by atoms with van der Waals surface area (Å²) in [6.07, 6.45) is 0.683. The molecule has 0 aliphatic rings. The van der Waals surface area contributed by atoms with Crippen molar-refractivity contribution in [3.05, 3.63) is 75.3 Å². The fourth-order valence-corrected chi connectivity index (χ4v) is 3.52.